The van der Waals surface area contributed by atoms with Crippen molar-refractivity contribution >= 4 is 36.4 Å². The van der Waals surface area contributed by atoms with Gasteiger partial charge in [-0.15, -0.1) is 24.8 Å². The molecule has 0 atom stereocenters. The van der Waals surface area contributed by atoms with E-state index in [-0.39, 0.29) is 30.7 Å². The molecule has 0 aromatic carbocycles. The number of carbonyl (C=O) groups excluding carboxylic acids is 1. The molecular weight excluding hydrogens is 285 g/mol. The number of likely N-dealkylation sites (N-methyl/N-ethyl adjacent to an activating group) is 1. The molecular formula is C13H19Cl2N3O. The Hall–Kier alpha value is -1.10. The first-order valence-corrected chi connectivity index (χ1v) is 5.81. The minimum Gasteiger partial charge on any atom is -0.312 e. The maximum absolute atomic E-state index is 11.7. The molecule has 0 unspecified atom stereocenters. The molecule has 0 spiro atoms. The number of rotatable bonds is 2. The zero-order chi connectivity index (χ0) is 12.3. The molecule has 1 amide bonds. The van der Waals surface area contributed by atoms with Gasteiger partial charge in [-0.25, -0.2) is 0 Å². The summed E-state index contributed by atoms with van der Waals surface area (Å²) in [6.07, 6.45) is 6.03. The van der Waals surface area contributed by atoms with E-state index < -0.39 is 0 Å². The summed E-state index contributed by atoms with van der Waals surface area (Å²) in [5.41, 5.74) is 3.17. The van der Waals surface area contributed by atoms with E-state index in [4.69, 9.17) is 0 Å². The van der Waals surface area contributed by atoms with Crippen molar-refractivity contribution < 1.29 is 4.79 Å². The Morgan fingerprint density at radius 2 is 2.21 bits per heavy atom. The molecule has 2 heterocycles. The number of nitrogens with zero attached hydrogens (tertiary/aromatic N) is 2. The Balaban J connectivity index is 0.00000162. The van der Waals surface area contributed by atoms with E-state index in [1.165, 1.54) is 5.56 Å². The van der Waals surface area contributed by atoms with Gasteiger partial charge in [0.15, 0.2) is 0 Å². The maximum atomic E-state index is 11.7. The predicted octanol–water partition coefficient (Wildman–Crippen LogP) is 2.11. The number of allylic oxidation sites excluding steroid dienone is 1. The SMILES string of the molecule is C/C=C/C(=O)N(C)c1cnc2c(c1)CNCC2.Cl.Cl. The number of aromatic nitrogens is 1. The van der Waals surface area contributed by atoms with Crippen molar-refractivity contribution in [2.45, 2.75) is 19.9 Å². The number of hydrogen-bond donors (Lipinski definition) is 1. The van der Waals surface area contributed by atoms with Crippen LogP contribution in [-0.4, -0.2) is 24.5 Å². The van der Waals surface area contributed by atoms with Gasteiger partial charge in [0.05, 0.1) is 11.9 Å². The van der Waals surface area contributed by atoms with E-state index >= 15 is 0 Å². The average molecular weight is 304 g/mol. The Morgan fingerprint density at radius 3 is 2.89 bits per heavy atom. The molecule has 1 aliphatic rings. The smallest absolute Gasteiger partial charge is 0.250 e. The van der Waals surface area contributed by atoms with Crippen LogP contribution in [-0.2, 0) is 17.8 Å². The third kappa shape index (κ3) is 4.20. The predicted molar refractivity (Wildman–Crippen MR) is 82.4 cm³/mol. The van der Waals surface area contributed by atoms with Gasteiger partial charge in [0.1, 0.15) is 0 Å². The lowest BCUT2D eigenvalue weighted by Gasteiger charge is -2.20. The van der Waals surface area contributed by atoms with E-state index in [1.54, 1.807) is 30.3 Å². The highest BCUT2D eigenvalue weighted by Gasteiger charge is 2.13. The number of amides is 1. The molecule has 0 radical (unpaired) electrons. The Labute approximate surface area is 126 Å². The minimum atomic E-state index is -0.0296. The molecule has 1 aromatic rings. The fourth-order valence-electron chi connectivity index (χ4n) is 1.90. The second kappa shape index (κ2) is 8.15. The van der Waals surface area contributed by atoms with Gasteiger partial charge in [-0.05, 0) is 24.6 Å². The Kier molecular flexibility index (Phi) is 7.68. The number of anilines is 1. The summed E-state index contributed by atoms with van der Waals surface area (Å²) in [6.45, 7) is 3.65. The molecule has 1 aromatic heterocycles. The molecule has 6 heteroatoms. The van der Waals surface area contributed by atoms with Crippen molar-refractivity contribution in [1.82, 2.24) is 10.3 Å². The van der Waals surface area contributed by atoms with Crippen LogP contribution in [0.1, 0.15) is 18.2 Å². The molecule has 1 aliphatic heterocycles. The van der Waals surface area contributed by atoms with Crippen LogP contribution >= 0.6 is 24.8 Å². The quantitative estimate of drug-likeness (QED) is 0.851. The van der Waals surface area contributed by atoms with Crippen molar-refractivity contribution in [3.8, 4) is 0 Å². The molecule has 0 aliphatic carbocycles. The van der Waals surface area contributed by atoms with Crippen LogP contribution in [0.5, 0.6) is 0 Å². The van der Waals surface area contributed by atoms with Crippen LogP contribution in [0.15, 0.2) is 24.4 Å². The first-order chi connectivity index (χ1) is 8.22. The summed E-state index contributed by atoms with van der Waals surface area (Å²) in [4.78, 5) is 17.7. The summed E-state index contributed by atoms with van der Waals surface area (Å²) in [5.74, 6) is -0.0296. The summed E-state index contributed by atoms with van der Waals surface area (Å²) in [5, 5.41) is 3.30. The van der Waals surface area contributed by atoms with Crippen LogP contribution < -0.4 is 10.2 Å². The lowest BCUT2D eigenvalue weighted by molar-refractivity contribution is -0.113. The van der Waals surface area contributed by atoms with E-state index in [0.29, 0.717) is 0 Å². The number of nitrogens with one attached hydrogen (secondary N) is 1. The molecule has 0 saturated carbocycles. The van der Waals surface area contributed by atoms with Crippen molar-refractivity contribution in [3.05, 3.63) is 35.7 Å². The van der Waals surface area contributed by atoms with Crippen LogP contribution in [0, 0.1) is 0 Å². The monoisotopic (exact) mass is 303 g/mol. The van der Waals surface area contributed by atoms with Gasteiger partial charge in [-0.2, -0.15) is 0 Å². The second-order valence-corrected chi connectivity index (χ2v) is 4.12. The zero-order valence-corrected chi connectivity index (χ0v) is 12.7. The summed E-state index contributed by atoms with van der Waals surface area (Å²) < 4.78 is 0. The van der Waals surface area contributed by atoms with E-state index in [1.807, 2.05) is 13.0 Å². The van der Waals surface area contributed by atoms with Gasteiger partial charge in [-0.3, -0.25) is 9.78 Å². The zero-order valence-electron chi connectivity index (χ0n) is 11.0. The number of carbonyl (C=O) groups is 1. The van der Waals surface area contributed by atoms with Gasteiger partial charge < -0.3 is 10.2 Å². The third-order valence-corrected chi connectivity index (χ3v) is 2.93. The second-order valence-electron chi connectivity index (χ2n) is 4.12. The molecule has 19 heavy (non-hydrogen) atoms. The summed E-state index contributed by atoms with van der Waals surface area (Å²) in [6, 6.07) is 2.04. The molecule has 106 valence electrons. The largest absolute Gasteiger partial charge is 0.312 e. The number of halogens is 2. The highest BCUT2D eigenvalue weighted by molar-refractivity contribution is 6.00. The molecule has 0 fully saturated rings. The van der Waals surface area contributed by atoms with Crippen LogP contribution in [0.4, 0.5) is 5.69 Å². The highest BCUT2D eigenvalue weighted by Crippen LogP contribution is 2.19. The lowest BCUT2D eigenvalue weighted by atomic mass is 10.1. The van der Waals surface area contributed by atoms with E-state index in [2.05, 4.69) is 10.3 Å². The Bertz CT molecular complexity index is 463. The molecule has 2 rings (SSSR count). The van der Waals surface area contributed by atoms with Crippen molar-refractivity contribution in [1.29, 1.82) is 0 Å². The first kappa shape index (κ1) is 17.9. The molecule has 4 nitrogen and oxygen atoms in total. The summed E-state index contributed by atoms with van der Waals surface area (Å²) in [7, 11) is 1.77. The summed E-state index contributed by atoms with van der Waals surface area (Å²) >= 11 is 0. The van der Waals surface area contributed by atoms with E-state index in [9.17, 15) is 4.79 Å². The number of hydrogen-bond acceptors (Lipinski definition) is 3. The standard InChI is InChI=1S/C13H17N3O.2ClH/c1-3-4-13(17)16(2)11-7-10-8-14-6-5-12(10)15-9-11;;/h3-4,7,9,14H,5-6,8H2,1-2H3;2*1H/b4-3+;;. The number of pyridine rings is 1. The van der Waals surface area contributed by atoms with Crippen molar-refractivity contribution in [3.63, 3.8) is 0 Å². The third-order valence-electron chi connectivity index (χ3n) is 2.93. The van der Waals surface area contributed by atoms with Crippen LogP contribution in [0.25, 0.3) is 0 Å². The van der Waals surface area contributed by atoms with Crippen molar-refractivity contribution in [2.24, 2.45) is 0 Å². The van der Waals surface area contributed by atoms with Crippen molar-refractivity contribution in [2.75, 3.05) is 18.5 Å². The Morgan fingerprint density at radius 1 is 1.47 bits per heavy atom. The van der Waals surface area contributed by atoms with E-state index in [0.717, 1.165) is 30.9 Å². The molecule has 0 bridgehead atoms. The van der Waals surface area contributed by atoms with Gasteiger partial charge >= 0.3 is 0 Å². The average Bonchev–Trinajstić information content (AvgIpc) is 2.37. The van der Waals surface area contributed by atoms with Crippen LogP contribution in [0.3, 0.4) is 0 Å². The fourth-order valence-corrected chi connectivity index (χ4v) is 1.90. The van der Waals surface area contributed by atoms with Gasteiger partial charge in [0, 0.05) is 32.3 Å². The highest BCUT2D eigenvalue weighted by atomic mass is 35.5. The molecule has 1 N–H and O–H groups in total. The van der Waals surface area contributed by atoms with Gasteiger partial charge in [0.25, 0.3) is 0 Å². The normalized spacial score (nSPS) is 13.2. The maximum Gasteiger partial charge on any atom is 0.250 e. The molecule has 0 saturated heterocycles. The number of fused-ring (bicyclic) bond motifs is 1. The lowest BCUT2D eigenvalue weighted by Crippen LogP contribution is -2.27. The topological polar surface area (TPSA) is 45.2 Å². The first-order valence-electron chi connectivity index (χ1n) is 5.81. The van der Waals surface area contributed by atoms with Gasteiger partial charge in [-0.1, -0.05) is 6.08 Å². The fraction of sp³-hybridized carbons (Fsp3) is 0.385. The minimum absolute atomic E-state index is 0. The van der Waals surface area contributed by atoms with Gasteiger partial charge in [0.2, 0.25) is 5.91 Å². The van der Waals surface area contributed by atoms with Crippen LogP contribution in [0.2, 0.25) is 0 Å².